The van der Waals surface area contributed by atoms with Crippen molar-refractivity contribution in [1.82, 2.24) is 0 Å². The van der Waals surface area contributed by atoms with Gasteiger partial charge in [0.25, 0.3) is 0 Å². The summed E-state index contributed by atoms with van der Waals surface area (Å²) >= 11 is 1.91. The molecule has 2 atom stereocenters. The third kappa shape index (κ3) is 3.40. The van der Waals surface area contributed by atoms with E-state index in [4.69, 9.17) is 9.47 Å². The molecule has 0 aromatic heterocycles. The Bertz CT molecular complexity index is 364. The zero-order valence-corrected chi connectivity index (χ0v) is 11.5. The van der Waals surface area contributed by atoms with Crippen LogP contribution in [0.2, 0.25) is 0 Å². The maximum absolute atomic E-state index is 10.4. The Labute approximate surface area is 112 Å². The van der Waals surface area contributed by atoms with Crippen LogP contribution in [0.5, 0.6) is 5.75 Å². The molecule has 1 aromatic rings. The normalized spacial score (nSPS) is 20.9. The third-order valence-corrected chi connectivity index (χ3v) is 4.38. The fourth-order valence-corrected chi connectivity index (χ4v) is 3.43. The minimum absolute atomic E-state index is 0.349. The van der Waals surface area contributed by atoms with Gasteiger partial charge in [-0.15, -0.1) is 0 Å². The van der Waals surface area contributed by atoms with Gasteiger partial charge in [0.15, 0.2) is 0 Å². The van der Waals surface area contributed by atoms with E-state index in [0.29, 0.717) is 19.1 Å². The Balaban J connectivity index is 2.05. The molecule has 3 nitrogen and oxygen atoms in total. The van der Waals surface area contributed by atoms with Crippen molar-refractivity contribution in [3.05, 3.63) is 29.8 Å². The summed E-state index contributed by atoms with van der Waals surface area (Å²) in [7, 11) is 1.65. The largest absolute Gasteiger partial charge is 0.491 e. The Hall–Kier alpha value is -0.710. The fourth-order valence-electron chi connectivity index (χ4n) is 2.15. The Kier molecular flexibility index (Phi) is 5.35. The zero-order valence-electron chi connectivity index (χ0n) is 10.7. The minimum atomic E-state index is -0.418. The van der Waals surface area contributed by atoms with Crippen LogP contribution in [0.3, 0.4) is 0 Å². The van der Waals surface area contributed by atoms with Gasteiger partial charge in [-0.05, 0) is 29.9 Å². The number of para-hydroxylation sites is 1. The van der Waals surface area contributed by atoms with Gasteiger partial charge in [-0.3, -0.25) is 0 Å². The van der Waals surface area contributed by atoms with Crippen molar-refractivity contribution < 1.29 is 14.6 Å². The number of hydrogen-bond acceptors (Lipinski definition) is 4. The number of methoxy groups -OCH3 is 1. The molecule has 1 N–H and O–H groups in total. The van der Waals surface area contributed by atoms with E-state index in [9.17, 15) is 5.11 Å². The molecule has 0 bridgehead atoms. The fraction of sp³-hybridized carbons (Fsp3) is 0.571. The van der Waals surface area contributed by atoms with E-state index in [0.717, 1.165) is 29.2 Å². The Morgan fingerprint density at radius 2 is 2.22 bits per heavy atom. The molecule has 1 saturated heterocycles. The van der Waals surface area contributed by atoms with Crippen LogP contribution in [0.1, 0.15) is 18.1 Å². The molecule has 2 rings (SSSR count). The van der Waals surface area contributed by atoms with Gasteiger partial charge in [0.1, 0.15) is 12.4 Å². The van der Waals surface area contributed by atoms with Crippen LogP contribution in [0.4, 0.5) is 0 Å². The standard InChI is InChI=1S/C14H20O3S/c1-16-7-8-17-13-5-3-2-4-12(13)14(15)11-6-9-18-10-11/h2-5,11,14-15H,6-10H2,1H3. The summed E-state index contributed by atoms with van der Waals surface area (Å²) in [6, 6.07) is 7.75. The van der Waals surface area contributed by atoms with Crippen LogP contribution >= 0.6 is 11.8 Å². The lowest BCUT2D eigenvalue weighted by Crippen LogP contribution is -2.14. The zero-order chi connectivity index (χ0) is 12.8. The number of thioether (sulfide) groups is 1. The van der Waals surface area contributed by atoms with E-state index in [1.807, 2.05) is 36.0 Å². The first-order chi connectivity index (χ1) is 8.83. The minimum Gasteiger partial charge on any atom is -0.491 e. The number of aliphatic hydroxyl groups is 1. The third-order valence-electron chi connectivity index (χ3n) is 3.19. The predicted octanol–water partition coefficient (Wildman–Crippen LogP) is 2.50. The summed E-state index contributed by atoms with van der Waals surface area (Å²) in [5, 5.41) is 10.4. The topological polar surface area (TPSA) is 38.7 Å². The van der Waals surface area contributed by atoms with Crippen molar-refractivity contribution in [2.75, 3.05) is 31.8 Å². The average molecular weight is 268 g/mol. The van der Waals surface area contributed by atoms with E-state index in [2.05, 4.69) is 0 Å². The van der Waals surface area contributed by atoms with Gasteiger partial charge < -0.3 is 14.6 Å². The van der Waals surface area contributed by atoms with Crippen molar-refractivity contribution in [3.8, 4) is 5.75 Å². The first-order valence-electron chi connectivity index (χ1n) is 6.29. The van der Waals surface area contributed by atoms with Crippen LogP contribution in [-0.4, -0.2) is 36.9 Å². The SMILES string of the molecule is COCCOc1ccccc1C(O)C1CCSC1. The van der Waals surface area contributed by atoms with Gasteiger partial charge in [0.2, 0.25) is 0 Å². The molecule has 0 aliphatic carbocycles. The lowest BCUT2D eigenvalue weighted by molar-refractivity contribution is 0.111. The summed E-state index contributed by atoms with van der Waals surface area (Å²) in [5.74, 6) is 3.31. The second kappa shape index (κ2) is 7.02. The molecule has 0 amide bonds. The van der Waals surface area contributed by atoms with Gasteiger partial charge in [0, 0.05) is 12.7 Å². The summed E-state index contributed by atoms with van der Waals surface area (Å²) in [6.07, 6.45) is 0.664. The molecule has 1 heterocycles. The van der Waals surface area contributed by atoms with Gasteiger partial charge in [-0.25, -0.2) is 0 Å². The number of hydrogen-bond donors (Lipinski definition) is 1. The highest BCUT2D eigenvalue weighted by atomic mass is 32.2. The van der Waals surface area contributed by atoms with Gasteiger partial charge in [0.05, 0.1) is 12.7 Å². The molecule has 0 radical (unpaired) electrons. The van der Waals surface area contributed by atoms with Crippen LogP contribution in [0.15, 0.2) is 24.3 Å². The summed E-state index contributed by atoms with van der Waals surface area (Å²) in [4.78, 5) is 0. The second-order valence-corrected chi connectivity index (χ2v) is 5.60. The van der Waals surface area contributed by atoms with E-state index >= 15 is 0 Å². The molecule has 100 valence electrons. The maximum atomic E-state index is 10.4. The predicted molar refractivity (Wildman–Crippen MR) is 74.2 cm³/mol. The van der Waals surface area contributed by atoms with Crippen LogP contribution in [-0.2, 0) is 4.74 Å². The smallest absolute Gasteiger partial charge is 0.125 e. The molecule has 1 fully saturated rings. The number of benzene rings is 1. The van der Waals surface area contributed by atoms with Crippen molar-refractivity contribution in [3.63, 3.8) is 0 Å². The quantitative estimate of drug-likeness (QED) is 0.805. The average Bonchev–Trinajstić information content (AvgIpc) is 2.93. The molecule has 1 aliphatic rings. The maximum Gasteiger partial charge on any atom is 0.125 e. The van der Waals surface area contributed by atoms with Crippen molar-refractivity contribution >= 4 is 11.8 Å². The van der Waals surface area contributed by atoms with Gasteiger partial charge in [-0.2, -0.15) is 11.8 Å². The highest BCUT2D eigenvalue weighted by Crippen LogP contribution is 2.37. The van der Waals surface area contributed by atoms with Crippen LogP contribution in [0.25, 0.3) is 0 Å². The summed E-state index contributed by atoms with van der Waals surface area (Å²) < 4.78 is 10.6. The monoisotopic (exact) mass is 268 g/mol. The number of aliphatic hydroxyl groups excluding tert-OH is 1. The first-order valence-corrected chi connectivity index (χ1v) is 7.45. The van der Waals surface area contributed by atoms with E-state index < -0.39 is 6.10 Å². The number of rotatable bonds is 6. The highest BCUT2D eigenvalue weighted by Gasteiger charge is 2.26. The van der Waals surface area contributed by atoms with E-state index in [-0.39, 0.29) is 0 Å². The molecule has 2 unspecified atom stereocenters. The Morgan fingerprint density at radius 1 is 1.39 bits per heavy atom. The van der Waals surface area contributed by atoms with Crippen molar-refractivity contribution in [2.24, 2.45) is 5.92 Å². The van der Waals surface area contributed by atoms with E-state index in [1.165, 1.54) is 0 Å². The van der Waals surface area contributed by atoms with E-state index in [1.54, 1.807) is 7.11 Å². The lowest BCUT2D eigenvalue weighted by Gasteiger charge is -2.20. The molecule has 1 aromatic carbocycles. The lowest BCUT2D eigenvalue weighted by atomic mass is 9.95. The van der Waals surface area contributed by atoms with Crippen molar-refractivity contribution in [2.45, 2.75) is 12.5 Å². The second-order valence-electron chi connectivity index (χ2n) is 4.45. The molecule has 0 spiro atoms. The Morgan fingerprint density at radius 3 is 2.94 bits per heavy atom. The highest BCUT2D eigenvalue weighted by molar-refractivity contribution is 7.99. The van der Waals surface area contributed by atoms with Gasteiger partial charge >= 0.3 is 0 Å². The molecular weight excluding hydrogens is 248 g/mol. The summed E-state index contributed by atoms with van der Waals surface area (Å²) in [5.41, 5.74) is 0.904. The van der Waals surface area contributed by atoms with Crippen molar-refractivity contribution in [1.29, 1.82) is 0 Å². The summed E-state index contributed by atoms with van der Waals surface area (Å²) in [6.45, 7) is 1.07. The van der Waals surface area contributed by atoms with Crippen LogP contribution in [0, 0.1) is 5.92 Å². The molecule has 1 aliphatic heterocycles. The molecule has 0 saturated carbocycles. The molecule has 18 heavy (non-hydrogen) atoms. The molecular formula is C14H20O3S. The van der Waals surface area contributed by atoms with Gasteiger partial charge in [-0.1, -0.05) is 18.2 Å². The number of ether oxygens (including phenoxy) is 2. The molecule has 4 heteroatoms. The van der Waals surface area contributed by atoms with Crippen LogP contribution < -0.4 is 4.74 Å². The first kappa shape index (κ1) is 13.7.